The third kappa shape index (κ3) is 4.36. The molecule has 1 aromatic carbocycles. The Labute approximate surface area is 168 Å². The molecule has 3 rings (SSSR count). The molecule has 5 nitrogen and oxygen atoms in total. The number of aryl methyl sites for hydroxylation is 1. The van der Waals surface area contributed by atoms with Crippen molar-refractivity contribution in [1.29, 1.82) is 0 Å². The van der Waals surface area contributed by atoms with E-state index in [0.29, 0.717) is 10.5 Å². The predicted octanol–water partition coefficient (Wildman–Crippen LogP) is 4.82. The molecule has 0 bridgehead atoms. The highest BCUT2D eigenvalue weighted by Crippen LogP contribution is 2.32. The number of anilines is 1. The quantitative estimate of drug-likeness (QED) is 0.510. The first kappa shape index (κ1) is 20.3. The summed E-state index contributed by atoms with van der Waals surface area (Å²) in [6.45, 7) is 3.96. The standard InChI is InChI=1S/C19H18F2N2O3S2/c1-3-26-16(25)7-6-15(24)23(19-11(2)8-9-27-19)10-14-22-13-5-4-12(20)17(21)18(13)28-14/h4-5,8-9H,3,6-7,10H2,1-2H3. The van der Waals surface area contributed by atoms with Gasteiger partial charge in [0.15, 0.2) is 11.6 Å². The maximum Gasteiger partial charge on any atom is 0.306 e. The van der Waals surface area contributed by atoms with Crippen molar-refractivity contribution in [3.63, 3.8) is 0 Å². The average molecular weight is 424 g/mol. The van der Waals surface area contributed by atoms with Crippen LogP contribution in [0.2, 0.25) is 0 Å². The van der Waals surface area contributed by atoms with E-state index in [1.807, 2.05) is 18.4 Å². The number of thiophene rings is 1. The first-order valence-corrected chi connectivity index (χ1v) is 10.3. The Bertz CT molecular complexity index is 1020. The summed E-state index contributed by atoms with van der Waals surface area (Å²) in [5, 5.41) is 3.08. The summed E-state index contributed by atoms with van der Waals surface area (Å²) in [6, 6.07) is 4.34. The Morgan fingerprint density at radius 1 is 1.21 bits per heavy atom. The molecule has 1 amide bonds. The van der Waals surface area contributed by atoms with Gasteiger partial charge in [-0.15, -0.1) is 22.7 Å². The molecule has 9 heteroatoms. The summed E-state index contributed by atoms with van der Waals surface area (Å²) in [4.78, 5) is 30.3. The van der Waals surface area contributed by atoms with Gasteiger partial charge in [0, 0.05) is 6.42 Å². The van der Waals surface area contributed by atoms with Gasteiger partial charge in [-0.1, -0.05) is 0 Å². The first-order valence-electron chi connectivity index (χ1n) is 8.64. The predicted molar refractivity (Wildman–Crippen MR) is 106 cm³/mol. The molecule has 28 heavy (non-hydrogen) atoms. The van der Waals surface area contributed by atoms with Crippen molar-refractivity contribution < 1.29 is 23.1 Å². The van der Waals surface area contributed by atoms with E-state index >= 15 is 0 Å². The van der Waals surface area contributed by atoms with Gasteiger partial charge < -0.3 is 4.74 Å². The number of carbonyl (C=O) groups excluding carboxylic acids is 2. The molecule has 2 aromatic heterocycles. The highest BCUT2D eigenvalue weighted by molar-refractivity contribution is 7.18. The summed E-state index contributed by atoms with van der Waals surface area (Å²) in [6.07, 6.45) is -0.0304. The van der Waals surface area contributed by atoms with E-state index in [0.717, 1.165) is 28.0 Å². The molecule has 2 heterocycles. The molecule has 0 saturated heterocycles. The third-order valence-electron chi connectivity index (χ3n) is 4.02. The van der Waals surface area contributed by atoms with E-state index in [9.17, 15) is 18.4 Å². The number of ether oxygens (including phenoxy) is 1. The van der Waals surface area contributed by atoms with Crippen molar-refractivity contribution in [2.45, 2.75) is 33.2 Å². The van der Waals surface area contributed by atoms with Crippen LogP contribution in [0.15, 0.2) is 23.6 Å². The first-order chi connectivity index (χ1) is 13.4. The van der Waals surface area contributed by atoms with Gasteiger partial charge in [-0.3, -0.25) is 14.5 Å². The molecule has 0 aliphatic carbocycles. The lowest BCUT2D eigenvalue weighted by Crippen LogP contribution is -2.30. The molecule has 0 unspecified atom stereocenters. The van der Waals surface area contributed by atoms with Crippen molar-refractivity contribution in [3.05, 3.63) is 45.8 Å². The Balaban J connectivity index is 1.86. The van der Waals surface area contributed by atoms with Crippen LogP contribution >= 0.6 is 22.7 Å². The van der Waals surface area contributed by atoms with Crippen molar-refractivity contribution in [1.82, 2.24) is 4.98 Å². The monoisotopic (exact) mass is 424 g/mol. The zero-order valence-corrected chi connectivity index (χ0v) is 17.0. The fraction of sp³-hybridized carbons (Fsp3) is 0.316. The normalized spacial score (nSPS) is 11.0. The van der Waals surface area contributed by atoms with Crippen molar-refractivity contribution in [2.75, 3.05) is 11.5 Å². The number of thiazole rings is 1. The van der Waals surface area contributed by atoms with Gasteiger partial charge in [-0.05, 0) is 43.0 Å². The minimum atomic E-state index is -0.936. The summed E-state index contributed by atoms with van der Waals surface area (Å²) in [5.74, 6) is -2.56. The number of nitrogens with zero attached hydrogens (tertiary/aromatic N) is 2. The molecular weight excluding hydrogens is 406 g/mol. The number of halogens is 2. The van der Waals surface area contributed by atoms with E-state index in [1.54, 1.807) is 6.92 Å². The van der Waals surface area contributed by atoms with Gasteiger partial charge in [0.05, 0.1) is 29.8 Å². The van der Waals surface area contributed by atoms with Gasteiger partial charge in [0.1, 0.15) is 10.0 Å². The van der Waals surface area contributed by atoms with Crippen molar-refractivity contribution in [3.8, 4) is 0 Å². The summed E-state index contributed by atoms with van der Waals surface area (Å²) in [7, 11) is 0. The van der Waals surface area contributed by atoms with Crippen LogP contribution in [0.4, 0.5) is 13.8 Å². The average Bonchev–Trinajstić information content (AvgIpc) is 3.27. The molecule has 0 aliphatic heterocycles. The van der Waals surface area contributed by atoms with Crippen LogP contribution in [0.1, 0.15) is 30.3 Å². The maximum absolute atomic E-state index is 14.0. The highest BCUT2D eigenvalue weighted by Gasteiger charge is 2.22. The topological polar surface area (TPSA) is 59.5 Å². The number of amides is 1. The van der Waals surface area contributed by atoms with Crippen LogP contribution in [0.25, 0.3) is 10.2 Å². The molecular formula is C19H18F2N2O3S2. The van der Waals surface area contributed by atoms with E-state index in [2.05, 4.69) is 4.98 Å². The molecule has 0 fully saturated rings. The Hall–Kier alpha value is -2.39. The number of carbonyl (C=O) groups is 2. The fourth-order valence-electron chi connectivity index (χ4n) is 2.68. The Morgan fingerprint density at radius 2 is 2.00 bits per heavy atom. The van der Waals surface area contributed by atoms with E-state index in [4.69, 9.17) is 4.74 Å². The van der Waals surface area contributed by atoms with Gasteiger partial charge in [0.25, 0.3) is 0 Å². The second-order valence-corrected chi connectivity index (χ2v) is 7.99. The van der Waals surface area contributed by atoms with Crippen LogP contribution < -0.4 is 4.90 Å². The zero-order chi connectivity index (χ0) is 20.3. The molecule has 0 radical (unpaired) electrons. The van der Waals surface area contributed by atoms with Crippen LogP contribution in [0.3, 0.4) is 0 Å². The third-order valence-corrected chi connectivity index (χ3v) is 6.10. The van der Waals surface area contributed by atoms with Crippen molar-refractivity contribution >= 4 is 49.8 Å². The minimum Gasteiger partial charge on any atom is -0.466 e. The summed E-state index contributed by atoms with van der Waals surface area (Å²) >= 11 is 2.41. The molecule has 0 spiro atoms. The van der Waals surface area contributed by atoms with Gasteiger partial charge in [0.2, 0.25) is 5.91 Å². The number of hydrogen-bond donors (Lipinski definition) is 0. The number of fused-ring (bicyclic) bond motifs is 1. The second kappa shape index (κ2) is 8.74. The number of esters is 1. The van der Waals surface area contributed by atoms with E-state index in [-0.39, 0.29) is 36.6 Å². The number of aromatic nitrogens is 1. The second-order valence-electron chi connectivity index (χ2n) is 6.01. The molecule has 0 saturated carbocycles. The molecule has 148 valence electrons. The van der Waals surface area contributed by atoms with E-state index < -0.39 is 17.6 Å². The van der Waals surface area contributed by atoms with E-state index in [1.165, 1.54) is 22.3 Å². The van der Waals surface area contributed by atoms with Crippen LogP contribution in [-0.4, -0.2) is 23.5 Å². The number of hydrogen-bond acceptors (Lipinski definition) is 6. The molecule has 0 atom stereocenters. The van der Waals surface area contributed by atoms with Crippen molar-refractivity contribution in [2.24, 2.45) is 0 Å². The van der Waals surface area contributed by atoms with Crippen LogP contribution in [0.5, 0.6) is 0 Å². The minimum absolute atomic E-state index is 0.00986. The van der Waals surface area contributed by atoms with Gasteiger partial charge in [-0.25, -0.2) is 13.8 Å². The number of benzene rings is 1. The molecule has 0 aliphatic rings. The lowest BCUT2D eigenvalue weighted by Gasteiger charge is -2.21. The lowest BCUT2D eigenvalue weighted by atomic mass is 10.2. The fourth-order valence-corrected chi connectivity index (χ4v) is 4.60. The molecule has 3 aromatic rings. The Kier molecular flexibility index (Phi) is 6.35. The maximum atomic E-state index is 14.0. The van der Waals surface area contributed by atoms with Crippen LogP contribution in [-0.2, 0) is 20.9 Å². The zero-order valence-electron chi connectivity index (χ0n) is 15.3. The van der Waals surface area contributed by atoms with Gasteiger partial charge >= 0.3 is 5.97 Å². The lowest BCUT2D eigenvalue weighted by molar-refractivity contribution is -0.144. The Morgan fingerprint density at radius 3 is 2.68 bits per heavy atom. The largest absolute Gasteiger partial charge is 0.466 e. The summed E-state index contributed by atoms with van der Waals surface area (Å²) < 4.78 is 32.5. The highest BCUT2D eigenvalue weighted by atomic mass is 32.1. The number of rotatable bonds is 7. The molecule has 0 N–H and O–H groups in total. The van der Waals surface area contributed by atoms with Crippen LogP contribution in [0, 0.1) is 18.6 Å². The smallest absolute Gasteiger partial charge is 0.306 e. The SMILES string of the molecule is CCOC(=O)CCC(=O)N(Cc1nc2ccc(F)c(F)c2s1)c1sccc1C. The van der Waals surface area contributed by atoms with Gasteiger partial charge in [-0.2, -0.15) is 0 Å². The summed E-state index contributed by atoms with van der Waals surface area (Å²) in [5.41, 5.74) is 1.26.